The Morgan fingerprint density at radius 3 is 2.86 bits per heavy atom. The van der Waals surface area contributed by atoms with Crippen molar-refractivity contribution in [3.05, 3.63) is 41.5 Å². The van der Waals surface area contributed by atoms with Gasteiger partial charge >= 0.3 is 0 Å². The molecule has 29 heavy (non-hydrogen) atoms. The van der Waals surface area contributed by atoms with Gasteiger partial charge in [0.05, 0.1) is 42.8 Å². The molecule has 8 nitrogen and oxygen atoms in total. The average molecular weight is 425 g/mol. The lowest BCUT2D eigenvalue weighted by Crippen LogP contribution is -2.46. The number of halogens is 2. The summed E-state index contributed by atoms with van der Waals surface area (Å²) in [4.78, 5) is 18.2. The van der Waals surface area contributed by atoms with Crippen LogP contribution in [0, 0.1) is 0 Å². The van der Waals surface area contributed by atoms with Gasteiger partial charge in [0.25, 0.3) is 6.43 Å². The number of rotatable bonds is 4. The fourth-order valence-corrected chi connectivity index (χ4v) is 5.41. The van der Waals surface area contributed by atoms with Crippen LogP contribution >= 0.6 is 0 Å². The summed E-state index contributed by atoms with van der Waals surface area (Å²) >= 11 is 0. The summed E-state index contributed by atoms with van der Waals surface area (Å²) in [5.74, 6) is -0.114. The topological polar surface area (TPSA) is 88.4 Å². The number of amides is 1. The smallest absolute Gasteiger partial charge is 0.280 e. The molecule has 2 aromatic heterocycles. The SMILES string of the molecule is C[C@H]1Cn2ncc(N3CCCS3(=O)=O)c2CN1C(=O)Cc1ccnc(C(F)F)c1. The lowest BCUT2D eigenvalue weighted by Gasteiger charge is -2.35. The van der Waals surface area contributed by atoms with Crippen molar-refractivity contribution < 1.29 is 22.0 Å². The fraction of sp³-hybridized carbons (Fsp3) is 0.500. The number of fused-ring (bicyclic) bond motifs is 1. The fourth-order valence-electron chi connectivity index (χ4n) is 3.84. The minimum atomic E-state index is -3.36. The first-order valence-electron chi connectivity index (χ1n) is 9.34. The molecule has 4 rings (SSSR count). The molecule has 0 aliphatic carbocycles. The zero-order valence-electron chi connectivity index (χ0n) is 15.8. The van der Waals surface area contributed by atoms with Crippen LogP contribution in [0.2, 0.25) is 0 Å². The van der Waals surface area contributed by atoms with Gasteiger partial charge < -0.3 is 4.90 Å². The number of nitrogens with zero attached hydrogens (tertiary/aromatic N) is 5. The quantitative estimate of drug-likeness (QED) is 0.745. The van der Waals surface area contributed by atoms with Gasteiger partial charge in [-0.1, -0.05) is 0 Å². The standard InChI is InChI=1S/C18H21F2N5O3S/c1-12-10-24-16(15(9-22-24)25-5-2-6-29(25,27)28)11-23(12)17(26)8-13-3-4-21-14(7-13)18(19)20/h3-4,7,9,12,18H,2,5-6,8,10-11H2,1H3/t12-/m0/s1. The van der Waals surface area contributed by atoms with E-state index < -0.39 is 16.4 Å². The van der Waals surface area contributed by atoms with Crippen LogP contribution in [0.25, 0.3) is 0 Å². The minimum Gasteiger partial charge on any atom is -0.332 e. The van der Waals surface area contributed by atoms with Crippen molar-refractivity contribution in [2.45, 2.75) is 45.3 Å². The van der Waals surface area contributed by atoms with E-state index in [4.69, 9.17) is 0 Å². The first-order valence-corrected chi connectivity index (χ1v) is 10.9. The van der Waals surface area contributed by atoms with Crippen molar-refractivity contribution in [1.29, 1.82) is 0 Å². The molecule has 1 amide bonds. The average Bonchev–Trinajstić information content (AvgIpc) is 3.22. The zero-order chi connectivity index (χ0) is 20.8. The number of anilines is 1. The van der Waals surface area contributed by atoms with E-state index in [2.05, 4.69) is 10.1 Å². The van der Waals surface area contributed by atoms with Crippen LogP contribution in [0.4, 0.5) is 14.5 Å². The third-order valence-electron chi connectivity index (χ3n) is 5.33. The van der Waals surface area contributed by atoms with Crippen molar-refractivity contribution >= 4 is 21.6 Å². The number of carbonyl (C=O) groups is 1. The molecule has 0 radical (unpaired) electrons. The van der Waals surface area contributed by atoms with Crippen molar-refractivity contribution in [2.75, 3.05) is 16.6 Å². The van der Waals surface area contributed by atoms with Crippen LogP contribution in [-0.2, 0) is 34.3 Å². The monoisotopic (exact) mass is 425 g/mol. The van der Waals surface area contributed by atoms with Crippen molar-refractivity contribution in [3.63, 3.8) is 0 Å². The van der Waals surface area contributed by atoms with E-state index in [0.29, 0.717) is 36.5 Å². The molecule has 4 heterocycles. The Morgan fingerprint density at radius 2 is 2.17 bits per heavy atom. The summed E-state index contributed by atoms with van der Waals surface area (Å²) < 4.78 is 53.4. The molecule has 0 saturated carbocycles. The maximum Gasteiger partial charge on any atom is 0.280 e. The van der Waals surface area contributed by atoms with Crippen molar-refractivity contribution in [3.8, 4) is 0 Å². The number of aromatic nitrogens is 3. The van der Waals surface area contributed by atoms with E-state index in [9.17, 15) is 22.0 Å². The summed E-state index contributed by atoms with van der Waals surface area (Å²) in [6, 6.07) is 2.63. The van der Waals surface area contributed by atoms with Crippen LogP contribution in [0.3, 0.4) is 0 Å². The molecule has 2 aliphatic heterocycles. The van der Waals surface area contributed by atoms with Gasteiger partial charge in [-0.05, 0) is 31.0 Å². The molecule has 1 atom stereocenters. The highest BCUT2D eigenvalue weighted by Gasteiger charge is 2.35. The molecule has 1 saturated heterocycles. The van der Waals surface area contributed by atoms with Gasteiger partial charge in [-0.15, -0.1) is 0 Å². The van der Waals surface area contributed by atoms with E-state index in [-0.39, 0.29) is 36.4 Å². The van der Waals surface area contributed by atoms with Gasteiger partial charge in [0.1, 0.15) is 5.69 Å². The second kappa shape index (κ2) is 7.36. The summed E-state index contributed by atoms with van der Waals surface area (Å²) in [7, 11) is -3.36. The Morgan fingerprint density at radius 1 is 1.38 bits per heavy atom. The summed E-state index contributed by atoms with van der Waals surface area (Å²) in [6.07, 6.45) is 0.642. The molecule has 0 bridgehead atoms. The van der Waals surface area contributed by atoms with Crippen LogP contribution in [-0.4, -0.2) is 52.3 Å². The molecular weight excluding hydrogens is 404 g/mol. The first-order chi connectivity index (χ1) is 13.8. The molecule has 0 N–H and O–H groups in total. The Kier molecular flexibility index (Phi) is 5.01. The van der Waals surface area contributed by atoms with E-state index >= 15 is 0 Å². The molecule has 156 valence electrons. The van der Waals surface area contributed by atoms with Crippen molar-refractivity contribution in [2.24, 2.45) is 0 Å². The number of alkyl halides is 2. The van der Waals surface area contributed by atoms with Gasteiger partial charge in [-0.2, -0.15) is 5.10 Å². The van der Waals surface area contributed by atoms with E-state index in [1.165, 1.54) is 22.8 Å². The second-order valence-electron chi connectivity index (χ2n) is 7.34. The number of sulfonamides is 1. The lowest BCUT2D eigenvalue weighted by molar-refractivity contribution is -0.134. The van der Waals surface area contributed by atoms with Gasteiger partial charge in [0, 0.05) is 18.8 Å². The van der Waals surface area contributed by atoms with Crippen LogP contribution in [0.5, 0.6) is 0 Å². The lowest BCUT2D eigenvalue weighted by atomic mass is 10.1. The highest BCUT2D eigenvalue weighted by Crippen LogP contribution is 2.31. The molecule has 0 unspecified atom stereocenters. The van der Waals surface area contributed by atoms with Gasteiger partial charge in [0.15, 0.2) is 0 Å². The molecule has 0 aromatic carbocycles. The number of hydrogen-bond donors (Lipinski definition) is 0. The minimum absolute atomic E-state index is 0.0297. The van der Waals surface area contributed by atoms with E-state index in [1.54, 1.807) is 15.6 Å². The molecule has 1 fully saturated rings. The van der Waals surface area contributed by atoms with Crippen LogP contribution in [0.15, 0.2) is 24.5 Å². The predicted octanol–water partition coefficient (Wildman–Crippen LogP) is 1.73. The van der Waals surface area contributed by atoms with Crippen molar-refractivity contribution in [1.82, 2.24) is 19.7 Å². The van der Waals surface area contributed by atoms with E-state index in [0.717, 1.165) is 0 Å². The molecule has 11 heteroatoms. The molecular formula is C18H21F2N5O3S. The zero-order valence-corrected chi connectivity index (χ0v) is 16.6. The number of hydrogen-bond acceptors (Lipinski definition) is 5. The van der Waals surface area contributed by atoms with E-state index in [1.807, 2.05) is 6.92 Å². The Labute approximate surface area is 167 Å². The van der Waals surface area contributed by atoms with Gasteiger partial charge in [0.2, 0.25) is 15.9 Å². The third-order valence-corrected chi connectivity index (χ3v) is 7.18. The summed E-state index contributed by atoms with van der Waals surface area (Å²) in [5, 5.41) is 4.31. The third kappa shape index (κ3) is 3.70. The normalized spacial score (nSPS) is 20.9. The number of carbonyl (C=O) groups excluding carboxylic acids is 1. The maximum atomic E-state index is 12.9. The Hall–Kier alpha value is -2.56. The maximum absolute atomic E-state index is 12.9. The Bertz CT molecular complexity index is 1040. The summed E-state index contributed by atoms with van der Waals surface area (Å²) in [5.41, 5.74) is 1.29. The Balaban J connectivity index is 1.56. The van der Waals surface area contributed by atoms with Gasteiger partial charge in [-0.25, -0.2) is 17.2 Å². The highest BCUT2D eigenvalue weighted by molar-refractivity contribution is 7.93. The molecule has 2 aromatic rings. The predicted molar refractivity (Wildman–Crippen MR) is 101 cm³/mol. The first kappa shape index (κ1) is 19.7. The largest absolute Gasteiger partial charge is 0.332 e. The molecule has 2 aliphatic rings. The van der Waals surface area contributed by atoms with Crippen LogP contribution in [0.1, 0.15) is 36.7 Å². The summed E-state index contributed by atoms with van der Waals surface area (Å²) in [6.45, 7) is 2.94. The van der Waals surface area contributed by atoms with Crippen LogP contribution < -0.4 is 4.31 Å². The number of pyridine rings is 1. The highest BCUT2D eigenvalue weighted by atomic mass is 32.2. The molecule has 0 spiro atoms. The van der Waals surface area contributed by atoms with Gasteiger partial charge in [-0.3, -0.25) is 18.8 Å². The second-order valence-corrected chi connectivity index (χ2v) is 9.35.